The highest BCUT2D eigenvalue weighted by molar-refractivity contribution is 5.94. The van der Waals surface area contributed by atoms with E-state index in [1.54, 1.807) is 0 Å². The highest BCUT2D eigenvalue weighted by Gasteiger charge is 2.16. The fourth-order valence-corrected chi connectivity index (χ4v) is 1.74. The fraction of sp³-hybridized carbons (Fsp3) is 0.286. The van der Waals surface area contributed by atoms with Crippen LogP contribution in [0.1, 0.15) is 23.8 Å². The van der Waals surface area contributed by atoms with E-state index in [-0.39, 0.29) is 17.5 Å². The van der Waals surface area contributed by atoms with Crippen LogP contribution in [-0.4, -0.2) is 33.4 Å². The van der Waals surface area contributed by atoms with Gasteiger partial charge in [-0.2, -0.15) is 5.10 Å². The Kier molecular flexibility index (Phi) is 4.37. The summed E-state index contributed by atoms with van der Waals surface area (Å²) in [6.45, 7) is 2.32. The standard InChI is InChI=1S/C14H18N4O2/c1-10(15)7-8-16-14(20)13-12(19)9-18(17-13)11-5-3-2-4-6-11/h2-6,9-10,19H,7-8,15H2,1H3,(H,16,20). The molecule has 20 heavy (non-hydrogen) atoms. The molecule has 0 spiro atoms. The molecule has 1 unspecified atom stereocenters. The SMILES string of the molecule is CC(N)CCNC(=O)c1nn(-c2ccccc2)cc1O. The Morgan fingerprint density at radius 2 is 2.15 bits per heavy atom. The molecule has 0 saturated carbocycles. The minimum Gasteiger partial charge on any atom is -0.504 e. The molecular formula is C14H18N4O2. The van der Waals surface area contributed by atoms with Crippen LogP contribution in [0.3, 0.4) is 0 Å². The molecule has 0 radical (unpaired) electrons. The molecule has 0 aliphatic rings. The molecule has 1 amide bonds. The van der Waals surface area contributed by atoms with Crippen molar-refractivity contribution < 1.29 is 9.90 Å². The van der Waals surface area contributed by atoms with Gasteiger partial charge in [0.25, 0.3) is 5.91 Å². The first-order chi connectivity index (χ1) is 9.58. The normalized spacial score (nSPS) is 12.1. The third-order valence-corrected chi connectivity index (χ3v) is 2.82. The second-order valence-corrected chi connectivity index (χ2v) is 4.66. The van der Waals surface area contributed by atoms with Crippen molar-refractivity contribution in [2.75, 3.05) is 6.54 Å². The first kappa shape index (κ1) is 14.1. The van der Waals surface area contributed by atoms with Crippen LogP contribution in [-0.2, 0) is 0 Å². The van der Waals surface area contributed by atoms with E-state index in [2.05, 4.69) is 10.4 Å². The van der Waals surface area contributed by atoms with Crippen molar-refractivity contribution in [1.82, 2.24) is 15.1 Å². The predicted molar refractivity (Wildman–Crippen MR) is 75.8 cm³/mol. The number of rotatable bonds is 5. The van der Waals surface area contributed by atoms with Gasteiger partial charge in [0, 0.05) is 12.6 Å². The molecule has 6 nitrogen and oxygen atoms in total. The highest BCUT2D eigenvalue weighted by atomic mass is 16.3. The van der Waals surface area contributed by atoms with Crippen molar-refractivity contribution in [2.24, 2.45) is 5.73 Å². The largest absolute Gasteiger partial charge is 0.504 e. The summed E-state index contributed by atoms with van der Waals surface area (Å²) in [4.78, 5) is 11.9. The van der Waals surface area contributed by atoms with E-state index in [9.17, 15) is 9.90 Å². The topological polar surface area (TPSA) is 93.2 Å². The molecule has 1 aromatic carbocycles. The number of amides is 1. The van der Waals surface area contributed by atoms with Crippen LogP contribution in [0.2, 0.25) is 0 Å². The number of carbonyl (C=O) groups is 1. The van der Waals surface area contributed by atoms with E-state index in [4.69, 9.17) is 5.73 Å². The summed E-state index contributed by atoms with van der Waals surface area (Å²) in [6, 6.07) is 9.29. The lowest BCUT2D eigenvalue weighted by Crippen LogP contribution is -2.29. The maximum Gasteiger partial charge on any atom is 0.275 e. The molecule has 0 aliphatic heterocycles. The Labute approximate surface area is 117 Å². The van der Waals surface area contributed by atoms with E-state index in [1.165, 1.54) is 10.9 Å². The number of hydrogen-bond donors (Lipinski definition) is 3. The van der Waals surface area contributed by atoms with Crippen LogP contribution < -0.4 is 11.1 Å². The Morgan fingerprint density at radius 1 is 1.45 bits per heavy atom. The van der Waals surface area contributed by atoms with Gasteiger partial charge in [0.2, 0.25) is 0 Å². The number of carbonyl (C=O) groups excluding carboxylic acids is 1. The van der Waals surface area contributed by atoms with Gasteiger partial charge in [0.15, 0.2) is 11.4 Å². The van der Waals surface area contributed by atoms with E-state index in [1.807, 2.05) is 37.3 Å². The van der Waals surface area contributed by atoms with Crippen molar-refractivity contribution in [3.63, 3.8) is 0 Å². The van der Waals surface area contributed by atoms with Crippen LogP contribution >= 0.6 is 0 Å². The second kappa shape index (κ2) is 6.21. The third kappa shape index (κ3) is 3.36. The number of aromatic nitrogens is 2. The number of nitrogens with two attached hydrogens (primary N) is 1. The van der Waals surface area contributed by atoms with Gasteiger partial charge in [-0.25, -0.2) is 4.68 Å². The van der Waals surface area contributed by atoms with Crippen molar-refractivity contribution in [2.45, 2.75) is 19.4 Å². The average molecular weight is 274 g/mol. The van der Waals surface area contributed by atoms with Gasteiger partial charge in [-0.1, -0.05) is 18.2 Å². The molecule has 106 valence electrons. The van der Waals surface area contributed by atoms with Gasteiger partial charge < -0.3 is 16.2 Å². The number of aromatic hydroxyl groups is 1. The smallest absolute Gasteiger partial charge is 0.275 e. The third-order valence-electron chi connectivity index (χ3n) is 2.82. The molecule has 2 rings (SSSR count). The van der Waals surface area contributed by atoms with Gasteiger partial charge in [0.05, 0.1) is 11.9 Å². The molecular weight excluding hydrogens is 256 g/mol. The zero-order chi connectivity index (χ0) is 14.5. The summed E-state index contributed by atoms with van der Waals surface area (Å²) < 4.78 is 1.47. The van der Waals surface area contributed by atoms with Crippen LogP contribution in [0.25, 0.3) is 5.69 Å². The lowest BCUT2D eigenvalue weighted by atomic mass is 10.2. The minimum absolute atomic E-state index is 0.0125. The van der Waals surface area contributed by atoms with Crippen LogP contribution in [0.15, 0.2) is 36.5 Å². The van der Waals surface area contributed by atoms with E-state index in [0.29, 0.717) is 13.0 Å². The maximum atomic E-state index is 11.9. The van der Waals surface area contributed by atoms with Crippen LogP contribution in [0, 0.1) is 0 Å². The van der Waals surface area contributed by atoms with Crippen LogP contribution in [0.5, 0.6) is 5.75 Å². The van der Waals surface area contributed by atoms with Crippen LogP contribution in [0.4, 0.5) is 0 Å². The van der Waals surface area contributed by atoms with Crippen molar-refractivity contribution in [3.05, 3.63) is 42.2 Å². The Hall–Kier alpha value is -2.34. The lowest BCUT2D eigenvalue weighted by Gasteiger charge is -2.05. The Bertz CT molecular complexity index is 578. The van der Waals surface area contributed by atoms with Gasteiger partial charge >= 0.3 is 0 Å². The summed E-state index contributed by atoms with van der Waals surface area (Å²) in [5.74, 6) is -0.551. The number of hydrogen-bond acceptors (Lipinski definition) is 4. The Morgan fingerprint density at radius 3 is 2.80 bits per heavy atom. The summed E-state index contributed by atoms with van der Waals surface area (Å²) in [7, 11) is 0. The molecule has 0 bridgehead atoms. The van der Waals surface area contributed by atoms with E-state index >= 15 is 0 Å². The van der Waals surface area contributed by atoms with E-state index < -0.39 is 5.91 Å². The molecule has 4 N–H and O–H groups in total. The van der Waals surface area contributed by atoms with E-state index in [0.717, 1.165) is 5.69 Å². The van der Waals surface area contributed by atoms with Gasteiger partial charge in [-0.15, -0.1) is 0 Å². The fourth-order valence-electron chi connectivity index (χ4n) is 1.74. The van der Waals surface area contributed by atoms with Gasteiger partial charge in [-0.3, -0.25) is 4.79 Å². The molecule has 0 fully saturated rings. The second-order valence-electron chi connectivity index (χ2n) is 4.66. The monoisotopic (exact) mass is 274 g/mol. The zero-order valence-corrected chi connectivity index (χ0v) is 11.3. The maximum absolute atomic E-state index is 11.9. The molecule has 1 atom stereocenters. The number of nitrogens with one attached hydrogen (secondary N) is 1. The lowest BCUT2D eigenvalue weighted by molar-refractivity contribution is 0.0945. The molecule has 2 aromatic rings. The van der Waals surface area contributed by atoms with Gasteiger partial charge in [0.1, 0.15) is 0 Å². The molecule has 0 saturated heterocycles. The number of para-hydroxylation sites is 1. The van der Waals surface area contributed by atoms with Crippen molar-refractivity contribution in [3.8, 4) is 11.4 Å². The molecule has 1 heterocycles. The molecule has 1 aromatic heterocycles. The predicted octanol–water partition coefficient (Wildman–Crippen LogP) is 1.04. The minimum atomic E-state index is -0.405. The van der Waals surface area contributed by atoms with Crippen molar-refractivity contribution >= 4 is 5.91 Å². The zero-order valence-electron chi connectivity index (χ0n) is 11.3. The van der Waals surface area contributed by atoms with Gasteiger partial charge in [-0.05, 0) is 25.5 Å². The quantitative estimate of drug-likeness (QED) is 0.759. The average Bonchev–Trinajstić information content (AvgIpc) is 2.81. The molecule has 6 heteroatoms. The number of nitrogens with zero attached hydrogens (tertiary/aromatic N) is 2. The Balaban J connectivity index is 2.10. The summed E-state index contributed by atoms with van der Waals surface area (Å²) in [6.07, 6.45) is 2.09. The molecule has 0 aliphatic carbocycles. The number of benzene rings is 1. The summed E-state index contributed by atoms with van der Waals surface area (Å²) >= 11 is 0. The first-order valence-corrected chi connectivity index (χ1v) is 6.45. The van der Waals surface area contributed by atoms with Crippen molar-refractivity contribution in [1.29, 1.82) is 0 Å². The summed E-state index contributed by atoms with van der Waals surface area (Å²) in [5.41, 5.74) is 6.39. The summed E-state index contributed by atoms with van der Waals surface area (Å²) in [5, 5.41) is 16.6. The highest BCUT2D eigenvalue weighted by Crippen LogP contribution is 2.17. The first-order valence-electron chi connectivity index (χ1n) is 6.45.